The molecule has 0 heterocycles. The van der Waals surface area contributed by atoms with E-state index in [4.69, 9.17) is 4.74 Å². The number of anilines is 1. The molecule has 0 fully saturated rings. The summed E-state index contributed by atoms with van der Waals surface area (Å²) >= 11 is 0. The van der Waals surface area contributed by atoms with Crippen LogP contribution in [0.25, 0.3) is 0 Å². The Bertz CT molecular complexity index is 498. The maximum atomic E-state index is 12.1. The predicted molar refractivity (Wildman–Crippen MR) is 79.1 cm³/mol. The number of carbonyl (C=O) groups excluding carboxylic acids is 2. The SMILES string of the molecule is C=CCOc1ccc(NC(C)=O)cc1C(=O)NCCC. The number of nitrogens with one attached hydrogen (secondary N) is 2. The van der Waals surface area contributed by atoms with Crippen LogP contribution in [0, 0.1) is 0 Å². The van der Waals surface area contributed by atoms with Crippen LogP contribution in [0.1, 0.15) is 30.6 Å². The minimum Gasteiger partial charge on any atom is -0.489 e. The van der Waals surface area contributed by atoms with Crippen molar-refractivity contribution in [2.75, 3.05) is 18.5 Å². The Balaban J connectivity index is 3.01. The molecule has 0 aliphatic carbocycles. The molecule has 20 heavy (non-hydrogen) atoms. The number of hydrogen-bond donors (Lipinski definition) is 2. The Kier molecular flexibility index (Phi) is 6.29. The fourth-order valence-corrected chi connectivity index (χ4v) is 1.60. The third-order valence-electron chi connectivity index (χ3n) is 2.44. The van der Waals surface area contributed by atoms with Gasteiger partial charge in [-0.3, -0.25) is 9.59 Å². The van der Waals surface area contributed by atoms with Crippen LogP contribution in [-0.4, -0.2) is 25.0 Å². The zero-order valence-corrected chi connectivity index (χ0v) is 11.9. The molecular formula is C15H20N2O3. The Morgan fingerprint density at radius 2 is 2.15 bits per heavy atom. The molecule has 0 unspecified atom stereocenters. The first-order valence-corrected chi connectivity index (χ1v) is 6.52. The van der Waals surface area contributed by atoms with Gasteiger partial charge in [-0.05, 0) is 24.6 Å². The Labute approximate surface area is 119 Å². The van der Waals surface area contributed by atoms with Crippen molar-refractivity contribution in [3.05, 3.63) is 36.4 Å². The van der Waals surface area contributed by atoms with E-state index in [1.807, 2.05) is 6.92 Å². The first-order chi connectivity index (χ1) is 9.58. The Morgan fingerprint density at radius 3 is 2.75 bits per heavy atom. The number of amides is 2. The molecule has 1 rings (SSSR count). The van der Waals surface area contributed by atoms with Crippen LogP contribution in [-0.2, 0) is 4.79 Å². The summed E-state index contributed by atoms with van der Waals surface area (Å²) in [4.78, 5) is 23.2. The molecular weight excluding hydrogens is 256 g/mol. The van der Waals surface area contributed by atoms with Crippen molar-refractivity contribution in [2.24, 2.45) is 0 Å². The van der Waals surface area contributed by atoms with Crippen molar-refractivity contribution in [1.82, 2.24) is 5.32 Å². The van der Waals surface area contributed by atoms with E-state index in [2.05, 4.69) is 17.2 Å². The molecule has 0 saturated carbocycles. The molecule has 2 N–H and O–H groups in total. The smallest absolute Gasteiger partial charge is 0.255 e. The highest BCUT2D eigenvalue weighted by Crippen LogP contribution is 2.23. The number of rotatable bonds is 7. The number of ether oxygens (including phenoxy) is 1. The minimum absolute atomic E-state index is 0.190. The molecule has 0 radical (unpaired) electrons. The van der Waals surface area contributed by atoms with E-state index in [0.29, 0.717) is 30.2 Å². The molecule has 108 valence electrons. The highest BCUT2D eigenvalue weighted by atomic mass is 16.5. The summed E-state index contributed by atoms with van der Waals surface area (Å²) in [5, 5.41) is 5.43. The second-order valence-corrected chi connectivity index (χ2v) is 4.25. The van der Waals surface area contributed by atoms with Crippen LogP contribution in [0.2, 0.25) is 0 Å². The monoisotopic (exact) mass is 276 g/mol. The fraction of sp³-hybridized carbons (Fsp3) is 0.333. The second-order valence-electron chi connectivity index (χ2n) is 4.25. The quantitative estimate of drug-likeness (QED) is 0.751. The Hall–Kier alpha value is -2.30. The summed E-state index contributed by atoms with van der Waals surface area (Å²) in [6.07, 6.45) is 2.45. The van der Waals surface area contributed by atoms with Crippen molar-refractivity contribution in [3.8, 4) is 5.75 Å². The number of hydrogen-bond acceptors (Lipinski definition) is 3. The van der Waals surface area contributed by atoms with Crippen molar-refractivity contribution in [1.29, 1.82) is 0 Å². The molecule has 1 aromatic rings. The molecule has 5 heteroatoms. The second kappa shape index (κ2) is 7.99. The van der Waals surface area contributed by atoms with E-state index in [0.717, 1.165) is 6.42 Å². The minimum atomic E-state index is -0.224. The topological polar surface area (TPSA) is 67.4 Å². The summed E-state index contributed by atoms with van der Waals surface area (Å²) < 4.78 is 5.46. The lowest BCUT2D eigenvalue weighted by Crippen LogP contribution is -2.25. The van der Waals surface area contributed by atoms with Crippen LogP contribution in [0.5, 0.6) is 5.75 Å². The molecule has 0 aliphatic heterocycles. The van der Waals surface area contributed by atoms with Gasteiger partial charge in [-0.25, -0.2) is 0 Å². The molecule has 0 aliphatic rings. The summed E-state index contributed by atoms with van der Waals surface area (Å²) in [6, 6.07) is 4.96. The van der Waals surface area contributed by atoms with Gasteiger partial charge in [0.25, 0.3) is 5.91 Å². The third kappa shape index (κ3) is 4.76. The molecule has 0 spiro atoms. The highest BCUT2D eigenvalue weighted by molar-refractivity contribution is 5.99. The van der Waals surface area contributed by atoms with Crippen LogP contribution >= 0.6 is 0 Å². The molecule has 0 bridgehead atoms. The lowest BCUT2D eigenvalue weighted by Gasteiger charge is -2.12. The zero-order valence-electron chi connectivity index (χ0n) is 11.9. The molecule has 1 aromatic carbocycles. The molecule has 0 aromatic heterocycles. The van der Waals surface area contributed by atoms with Gasteiger partial charge >= 0.3 is 0 Å². The van der Waals surface area contributed by atoms with Gasteiger partial charge in [-0.15, -0.1) is 0 Å². The largest absolute Gasteiger partial charge is 0.489 e. The molecule has 0 saturated heterocycles. The van der Waals surface area contributed by atoms with Crippen LogP contribution < -0.4 is 15.4 Å². The van der Waals surface area contributed by atoms with E-state index >= 15 is 0 Å². The average Bonchev–Trinajstić information content (AvgIpc) is 2.42. The maximum Gasteiger partial charge on any atom is 0.255 e. The lowest BCUT2D eigenvalue weighted by molar-refractivity contribution is -0.114. The highest BCUT2D eigenvalue weighted by Gasteiger charge is 2.13. The Morgan fingerprint density at radius 1 is 1.40 bits per heavy atom. The van der Waals surface area contributed by atoms with Crippen LogP contribution in [0.3, 0.4) is 0 Å². The molecule has 0 atom stereocenters. The number of carbonyl (C=O) groups is 2. The van der Waals surface area contributed by atoms with Crippen molar-refractivity contribution >= 4 is 17.5 Å². The summed E-state index contributed by atoms with van der Waals surface area (Å²) in [5.41, 5.74) is 0.955. The fourth-order valence-electron chi connectivity index (χ4n) is 1.60. The van der Waals surface area contributed by atoms with Gasteiger partial charge in [0.2, 0.25) is 5.91 Å². The summed E-state index contributed by atoms with van der Waals surface area (Å²) in [7, 11) is 0. The summed E-state index contributed by atoms with van der Waals surface area (Å²) in [5.74, 6) is 0.0513. The van der Waals surface area contributed by atoms with Crippen LogP contribution in [0.4, 0.5) is 5.69 Å². The van der Waals surface area contributed by atoms with Crippen molar-refractivity contribution < 1.29 is 14.3 Å². The van der Waals surface area contributed by atoms with Crippen molar-refractivity contribution in [3.63, 3.8) is 0 Å². The maximum absolute atomic E-state index is 12.1. The van der Waals surface area contributed by atoms with Gasteiger partial charge < -0.3 is 15.4 Å². The normalized spacial score (nSPS) is 9.70. The average molecular weight is 276 g/mol. The molecule has 5 nitrogen and oxygen atoms in total. The zero-order chi connectivity index (χ0) is 15.0. The van der Waals surface area contributed by atoms with Gasteiger partial charge in [0.15, 0.2) is 0 Å². The molecule has 2 amide bonds. The first-order valence-electron chi connectivity index (χ1n) is 6.52. The van der Waals surface area contributed by atoms with Gasteiger partial charge in [-0.1, -0.05) is 19.6 Å². The predicted octanol–water partition coefficient (Wildman–Crippen LogP) is 2.35. The van der Waals surface area contributed by atoms with Gasteiger partial charge in [0.05, 0.1) is 5.56 Å². The lowest BCUT2D eigenvalue weighted by atomic mass is 10.1. The number of benzene rings is 1. The van der Waals surface area contributed by atoms with E-state index in [1.54, 1.807) is 24.3 Å². The van der Waals surface area contributed by atoms with Gasteiger partial charge in [-0.2, -0.15) is 0 Å². The van der Waals surface area contributed by atoms with E-state index in [-0.39, 0.29) is 11.8 Å². The van der Waals surface area contributed by atoms with E-state index in [1.165, 1.54) is 6.92 Å². The van der Waals surface area contributed by atoms with Crippen molar-refractivity contribution in [2.45, 2.75) is 20.3 Å². The van der Waals surface area contributed by atoms with E-state index in [9.17, 15) is 9.59 Å². The van der Waals surface area contributed by atoms with E-state index < -0.39 is 0 Å². The van der Waals surface area contributed by atoms with Gasteiger partial charge in [0.1, 0.15) is 12.4 Å². The third-order valence-corrected chi connectivity index (χ3v) is 2.44. The first kappa shape index (κ1) is 15.8. The van der Waals surface area contributed by atoms with Crippen LogP contribution in [0.15, 0.2) is 30.9 Å². The standard InChI is InChI=1S/C15H20N2O3/c1-4-8-16-15(19)13-10-12(17-11(3)18)6-7-14(13)20-9-5-2/h5-7,10H,2,4,8-9H2,1,3H3,(H,16,19)(H,17,18). The van der Waals surface area contributed by atoms with Gasteiger partial charge in [0, 0.05) is 19.2 Å². The summed E-state index contributed by atoms with van der Waals surface area (Å²) in [6.45, 7) is 7.87.